The number of hydrogen-bond donors (Lipinski definition) is 1. The normalized spacial score (nSPS) is 26.1. The second-order valence-electron chi connectivity index (χ2n) is 8.69. The Balaban J connectivity index is 1.33. The molecule has 172 valence electrons. The Morgan fingerprint density at radius 1 is 1.06 bits per heavy atom. The van der Waals surface area contributed by atoms with Gasteiger partial charge in [0, 0.05) is 44.0 Å². The standard InChI is InChI=1S/C22H33N3O4S2/c26-21(23-17-22(8-15-30-18-22)24-11-13-29-14-12-24)16-19-4-6-20(7-5-19)31(27,28)25-9-2-1-3-10-25/h4-7H,1-3,8-18H2,(H,23,26). The van der Waals surface area contributed by atoms with E-state index in [2.05, 4.69) is 10.2 Å². The highest BCUT2D eigenvalue weighted by molar-refractivity contribution is 7.99. The second kappa shape index (κ2) is 10.2. The Morgan fingerprint density at radius 3 is 2.42 bits per heavy atom. The molecule has 0 spiro atoms. The van der Waals surface area contributed by atoms with E-state index in [1.54, 1.807) is 28.6 Å². The minimum atomic E-state index is -3.43. The van der Waals surface area contributed by atoms with Crippen LogP contribution in [0.15, 0.2) is 29.2 Å². The molecule has 1 N–H and O–H groups in total. The van der Waals surface area contributed by atoms with Crippen LogP contribution in [0.5, 0.6) is 0 Å². The molecule has 3 saturated heterocycles. The molecule has 0 aliphatic carbocycles. The molecule has 0 bridgehead atoms. The molecule has 0 radical (unpaired) electrons. The van der Waals surface area contributed by atoms with E-state index in [4.69, 9.17) is 4.74 Å². The SMILES string of the molecule is O=C(Cc1ccc(S(=O)(=O)N2CCCCC2)cc1)NCC1(N2CCOCC2)CCSC1. The molecule has 1 aromatic rings. The molecule has 0 aromatic heterocycles. The average molecular weight is 468 g/mol. The third-order valence-electron chi connectivity index (χ3n) is 6.62. The lowest BCUT2D eigenvalue weighted by molar-refractivity contribution is -0.121. The van der Waals surface area contributed by atoms with Gasteiger partial charge in [0.05, 0.1) is 24.5 Å². The number of carbonyl (C=O) groups excluding carboxylic acids is 1. The molecule has 3 fully saturated rings. The van der Waals surface area contributed by atoms with Crippen LogP contribution in [0.1, 0.15) is 31.2 Å². The number of amides is 1. The number of hydrogen-bond acceptors (Lipinski definition) is 6. The summed E-state index contributed by atoms with van der Waals surface area (Å²) in [5.41, 5.74) is 0.854. The molecule has 4 rings (SSSR count). The minimum absolute atomic E-state index is 0.0174. The van der Waals surface area contributed by atoms with Crippen molar-refractivity contribution in [2.24, 2.45) is 0 Å². The van der Waals surface area contributed by atoms with Gasteiger partial charge in [-0.25, -0.2) is 8.42 Å². The first-order chi connectivity index (χ1) is 15.0. The van der Waals surface area contributed by atoms with Crippen molar-refractivity contribution in [2.45, 2.75) is 42.5 Å². The van der Waals surface area contributed by atoms with Gasteiger partial charge < -0.3 is 10.1 Å². The summed E-state index contributed by atoms with van der Waals surface area (Å²) in [6.07, 6.45) is 4.27. The molecule has 1 atom stereocenters. The quantitative estimate of drug-likeness (QED) is 0.658. The number of piperidine rings is 1. The summed E-state index contributed by atoms with van der Waals surface area (Å²) >= 11 is 1.95. The fourth-order valence-corrected chi connectivity index (χ4v) is 7.67. The van der Waals surface area contributed by atoms with Crippen molar-refractivity contribution < 1.29 is 17.9 Å². The van der Waals surface area contributed by atoms with Gasteiger partial charge in [-0.2, -0.15) is 16.1 Å². The van der Waals surface area contributed by atoms with E-state index in [1.165, 1.54) is 0 Å². The highest BCUT2D eigenvalue weighted by Gasteiger charge is 2.40. The van der Waals surface area contributed by atoms with Crippen LogP contribution in [-0.4, -0.2) is 86.5 Å². The highest BCUT2D eigenvalue weighted by atomic mass is 32.2. The molecular formula is C22H33N3O4S2. The van der Waals surface area contributed by atoms with E-state index >= 15 is 0 Å². The Morgan fingerprint density at radius 2 is 1.77 bits per heavy atom. The van der Waals surface area contributed by atoms with Crippen molar-refractivity contribution >= 4 is 27.7 Å². The molecular weight excluding hydrogens is 434 g/mol. The zero-order valence-corrected chi connectivity index (χ0v) is 19.7. The van der Waals surface area contributed by atoms with Crippen molar-refractivity contribution in [1.82, 2.24) is 14.5 Å². The summed E-state index contributed by atoms with van der Waals surface area (Å²) in [6.45, 7) is 5.19. The van der Waals surface area contributed by atoms with Gasteiger partial charge in [0.25, 0.3) is 0 Å². The third-order valence-corrected chi connectivity index (χ3v) is 9.77. The molecule has 1 amide bonds. The molecule has 3 heterocycles. The number of nitrogens with zero attached hydrogens (tertiary/aromatic N) is 2. The number of benzene rings is 1. The van der Waals surface area contributed by atoms with Gasteiger partial charge in [0.2, 0.25) is 15.9 Å². The van der Waals surface area contributed by atoms with Crippen molar-refractivity contribution in [2.75, 3.05) is 57.4 Å². The van der Waals surface area contributed by atoms with Gasteiger partial charge in [-0.05, 0) is 42.7 Å². The fourth-order valence-electron chi connectivity index (χ4n) is 4.68. The largest absolute Gasteiger partial charge is 0.379 e. The van der Waals surface area contributed by atoms with E-state index < -0.39 is 10.0 Å². The Labute approximate surface area is 189 Å². The lowest BCUT2D eigenvalue weighted by Crippen LogP contribution is -2.59. The summed E-state index contributed by atoms with van der Waals surface area (Å²) in [5, 5.41) is 3.15. The first-order valence-corrected chi connectivity index (χ1v) is 13.9. The molecule has 31 heavy (non-hydrogen) atoms. The number of rotatable bonds is 7. The van der Waals surface area contributed by atoms with Gasteiger partial charge in [-0.1, -0.05) is 18.6 Å². The number of sulfonamides is 1. The van der Waals surface area contributed by atoms with Crippen molar-refractivity contribution in [1.29, 1.82) is 0 Å². The zero-order valence-electron chi connectivity index (χ0n) is 18.1. The second-order valence-corrected chi connectivity index (χ2v) is 11.7. The molecule has 3 aliphatic heterocycles. The topological polar surface area (TPSA) is 79.0 Å². The number of nitrogens with one attached hydrogen (secondary N) is 1. The lowest BCUT2D eigenvalue weighted by atomic mass is 9.95. The predicted octanol–water partition coefficient (Wildman–Crippen LogP) is 1.73. The van der Waals surface area contributed by atoms with Gasteiger partial charge in [0.15, 0.2) is 0 Å². The number of morpholine rings is 1. The summed E-state index contributed by atoms with van der Waals surface area (Å²) < 4.78 is 32.6. The van der Waals surface area contributed by atoms with Crippen molar-refractivity contribution in [3.8, 4) is 0 Å². The van der Waals surface area contributed by atoms with Gasteiger partial charge in [0.1, 0.15) is 0 Å². The van der Waals surface area contributed by atoms with E-state index in [0.29, 0.717) is 24.5 Å². The van der Waals surface area contributed by atoms with Crippen LogP contribution in [0.4, 0.5) is 0 Å². The van der Waals surface area contributed by atoms with E-state index in [9.17, 15) is 13.2 Å². The minimum Gasteiger partial charge on any atom is -0.379 e. The van der Waals surface area contributed by atoms with Gasteiger partial charge >= 0.3 is 0 Å². The number of ether oxygens (including phenoxy) is 1. The first-order valence-electron chi connectivity index (χ1n) is 11.3. The smallest absolute Gasteiger partial charge is 0.243 e. The van der Waals surface area contributed by atoms with Crippen LogP contribution in [-0.2, 0) is 26.0 Å². The van der Waals surface area contributed by atoms with E-state index in [-0.39, 0.29) is 17.9 Å². The molecule has 1 aromatic carbocycles. The summed E-state index contributed by atoms with van der Waals surface area (Å²) in [6, 6.07) is 6.80. The Kier molecular flexibility index (Phi) is 7.59. The van der Waals surface area contributed by atoms with E-state index in [1.807, 2.05) is 11.8 Å². The Bertz CT molecular complexity index is 842. The van der Waals surface area contributed by atoms with Crippen LogP contribution < -0.4 is 5.32 Å². The summed E-state index contributed by atoms with van der Waals surface area (Å²) in [4.78, 5) is 15.4. The molecule has 0 saturated carbocycles. The highest BCUT2D eigenvalue weighted by Crippen LogP contribution is 2.33. The maximum atomic E-state index is 12.8. The average Bonchev–Trinajstić information content (AvgIpc) is 3.30. The third kappa shape index (κ3) is 5.45. The Hall–Kier alpha value is -1.13. The fraction of sp³-hybridized carbons (Fsp3) is 0.682. The first kappa shape index (κ1) is 23.0. The predicted molar refractivity (Wildman–Crippen MR) is 123 cm³/mol. The molecule has 3 aliphatic rings. The molecule has 1 unspecified atom stereocenters. The van der Waals surface area contributed by atoms with Crippen LogP contribution >= 0.6 is 11.8 Å². The lowest BCUT2D eigenvalue weighted by Gasteiger charge is -2.43. The maximum Gasteiger partial charge on any atom is 0.243 e. The maximum absolute atomic E-state index is 12.8. The van der Waals surface area contributed by atoms with Gasteiger partial charge in [-0.15, -0.1) is 0 Å². The van der Waals surface area contributed by atoms with E-state index in [0.717, 1.165) is 69.1 Å². The summed E-state index contributed by atoms with van der Waals surface area (Å²) in [7, 11) is -3.43. The van der Waals surface area contributed by atoms with Crippen LogP contribution in [0.3, 0.4) is 0 Å². The van der Waals surface area contributed by atoms with Crippen LogP contribution in [0, 0.1) is 0 Å². The molecule has 7 nitrogen and oxygen atoms in total. The summed E-state index contributed by atoms with van der Waals surface area (Å²) in [5.74, 6) is 2.15. The zero-order chi connectivity index (χ0) is 21.7. The monoisotopic (exact) mass is 467 g/mol. The van der Waals surface area contributed by atoms with Crippen molar-refractivity contribution in [3.63, 3.8) is 0 Å². The molecule has 9 heteroatoms. The number of thioether (sulfide) groups is 1. The number of carbonyl (C=O) groups is 1. The van der Waals surface area contributed by atoms with Crippen LogP contribution in [0.25, 0.3) is 0 Å². The van der Waals surface area contributed by atoms with Gasteiger partial charge in [-0.3, -0.25) is 9.69 Å². The van der Waals surface area contributed by atoms with Crippen molar-refractivity contribution in [3.05, 3.63) is 29.8 Å². The van der Waals surface area contributed by atoms with Crippen LogP contribution in [0.2, 0.25) is 0 Å².